The zero-order valence-electron chi connectivity index (χ0n) is 16.6. The van der Waals surface area contributed by atoms with Crippen LogP contribution in [0.5, 0.6) is 0 Å². The molecule has 0 saturated carbocycles. The van der Waals surface area contributed by atoms with E-state index in [9.17, 15) is 4.79 Å². The number of fused-ring (bicyclic) bond motifs is 3. The van der Waals surface area contributed by atoms with Gasteiger partial charge in [0.1, 0.15) is 0 Å². The van der Waals surface area contributed by atoms with Crippen LogP contribution in [0.25, 0.3) is 10.8 Å². The maximum atomic E-state index is 12.9. The zero-order chi connectivity index (χ0) is 18.4. The molecule has 0 atom stereocenters. The van der Waals surface area contributed by atoms with Crippen LogP contribution in [0.3, 0.4) is 0 Å². The van der Waals surface area contributed by atoms with E-state index in [0.29, 0.717) is 28.8 Å². The van der Waals surface area contributed by atoms with Gasteiger partial charge < -0.3 is 0 Å². The molecule has 0 aliphatic heterocycles. The van der Waals surface area contributed by atoms with Crippen molar-refractivity contribution in [2.24, 2.45) is 0 Å². The minimum absolute atomic E-state index is 0.360. The fourth-order valence-electron chi connectivity index (χ4n) is 5.84. The lowest BCUT2D eigenvalue weighted by atomic mass is 9.86. The highest BCUT2D eigenvalue weighted by Gasteiger charge is 2.46. The van der Waals surface area contributed by atoms with Crippen molar-refractivity contribution < 1.29 is 4.79 Å². The molecule has 1 aliphatic carbocycles. The lowest BCUT2D eigenvalue weighted by Gasteiger charge is -2.45. The van der Waals surface area contributed by atoms with E-state index in [1.165, 1.54) is 16.3 Å². The number of carbonyl (C=O) groups excluding carboxylic acids is 1. The Hall–Kier alpha value is -1.41. The number of Topliss-reactive ketones (excluding diaryl/α,β-unsaturated/α-hetero) is 1. The molecular weight excluding hydrogens is 320 g/mol. The van der Waals surface area contributed by atoms with Crippen LogP contribution >= 0.6 is 0 Å². The van der Waals surface area contributed by atoms with Crippen LogP contribution in [0.2, 0.25) is 16.6 Å². The second kappa shape index (κ2) is 6.72. The van der Waals surface area contributed by atoms with Crippen LogP contribution in [0.1, 0.15) is 70.3 Å². The molecule has 1 aliphatic rings. The van der Waals surface area contributed by atoms with Crippen molar-refractivity contribution in [3.05, 3.63) is 41.5 Å². The van der Waals surface area contributed by atoms with E-state index in [1.54, 1.807) is 5.19 Å². The topological polar surface area (TPSA) is 17.1 Å². The number of carbonyl (C=O) groups is 1. The third-order valence-corrected chi connectivity index (χ3v) is 13.7. The summed E-state index contributed by atoms with van der Waals surface area (Å²) in [6.45, 7) is 14.5. The maximum Gasteiger partial charge on any atom is 0.163 e. The number of hydrogen-bond donors (Lipinski definition) is 0. The van der Waals surface area contributed by atoms with E-state index in [2.05, 4.69) is 71.9 Å². The number of ketones is 1. The molecule has 0 N–H and O–H groups in total. The molecule has 2 heteroatoms. The van der Waals surface area contributed by atoms with Crippen LogP contribution < -0.4 is 5.19 Å². The Morgan fingerprint density at radius 1 is 0.880 bits per heavy atom. The van der Waals surface area contributed by atoms with Crippen molar-refractivity contribution in [1.29, 1.82) is 0 Å². The second-order valence-electron chi connectivity index (χ2n) is 8.67. The van der Waals surface area contributed by atoms with Gasteiger partial charge in [-0.3, -0.25) is 4.79 Å². The SMILES string of the molecule is CC(C)[Si](c1cc2ccccc2c2c1CCCC2=O)(C(C)C)C(C)C. The highest BCUT2D eigenvalue weighted by atomic mass is 28.3. The van der Waals surface area contributed by atoms with Crippen molar-refractivity contribution in [2.45, 2.75) is 77.4 Å². The van der Waals surface area contributed by atoms with Gasteiger partial charge in [-0.25, -0.2) is 0 Å². The van der Waals surface area contributed by atoms with Crippen molar-refractivity contribution in [2.75, 3.05) is 0 Å². The summed E-state index contributed by atoms with van der Waals surface area (Å²) in [6, 6.07) is 11.0. The van der Waals surface area contributed by atoms with Crippen molar-refractivity contribution >= 4 is 29.8 Å². The number of benzene rings is 2. The molecule has 0 bridgehead atoms. The smallest absolute Gasteiger partial charge is 0.163 e. The predicted octanol–water partition coefficient (Wildman–Crippen LogP) is 6.24. The predicted molar refractivity (Wildman–Crippen MR) is 112 cm³/mol. The first kappa shape index (κ1) is 18.4. The largest absolute Gasteiger partial charge is 0.294 e. The summed E-state index contributed by atoms with van der Waals surface area (Å²) in [5.74, 6) is 0.360. The Morgan fingerprint density at radius 3 is 2.08 bits per heavy atom. The first-order valence-electron chi connectivity index (χ1n) is 9.90. The minimum atomic E-state index is -1.78. The van der Waals surface area contributed by atoms with Gasteiger partial charge in [-0.1, -0.05) is 77.1 Å². The molecule has 0 saturated heterocycles. The monoisotopic (exact) mass is 352 g/mol. The Morgan fingerprint density at radius 2 is 1.48 bits per heavy atom. The maximum absolute atomic E-state index is 12.9. The molecular formula is C23H32OSi. The quantitative estimate of drug-likeness (QED) is 0.595. The molecule has 0 fully saturated rings. The van der Waals surface area contributed by atoms with Crippen molar-refractivity contribution in [1.82, 2.24) is 0 Å². The summed E-state index contributed by atoms with van der Waals surface area (Å²) in [5, 5.41) is 4.00. The molecule has 0 radical (unpaired) electrons. The Kier molecular flexibility index (Phi) is 4.94. The van der Waals surface area contributed by atoms with Gasteiger partial charge in [0.25, 0.3) is 0 Å². The molecule has 25 heavy (non-hydrogen) atoms. The second-order valence-corrected chi connectivity index (χ2v) is 14.5. The summed E-state index contributed by atoms with van der Waals surface area (Å²) in [7, 11) is -1.78. The van der Waals surface area contributed by atoms with Crippen LogP contribution in [-0.2, 0) is 6.42 Å². The van der Waals surface area contributed by atoms with Crippen LogP contribution in [0, 0.1) is 0 Å². The molecule has 0 spiro atoms. The molecule has 1 nitrogen and oxygen atoms in total. The van der Waals surface area contributed by atoms with Gasteiger partial charge in [-0.05, 0) is 45.8 Å². The molecule has 134 valence electrons. The molecule has 3 rings (SSSR count). The zero-order valence-corrected chi connectivity index (χ0v) is 17.6. The van der Waals surface area contributed by atoms with Gasteiger partial charge in [-0.15, -0.1) is 0 Å². The third kappa shape index (κ3) is 2.70. The number of rotatable bonds is 4. The standard InChI is InChI=1S/C23H32OSi/c1-15(2)25(16(3)4,17(5)6)22-14-18-10-7-8-11-19(18)23-20(22)12-9-13-21(23)24/h7-8,10-11,14-17H,9,12-13H2,1-6H3. The van der Waals surface area contributed by atoms with E-state index in [4.69, 9.17) is 0 Å². The molecule has 0 unspecified atom stereocenters. The first-order valence-corrected chi connectivity index (χ1v) is 12.1. The van der Waals surface area contributed by atoms with Gasteiger partial charge in [0, 0.05) is 12.0 Å². The molecule has 2 aromatic carbocycles. The van der Waals surface area contributed by atoms with Crippen LogP contribution in [-0.4, -0.2) is 13.9 Å². The molecule has 0 aromatic heterocycles. The van der Waals surface area contributed by atoms with E-state index >= 15 is 0 Å². The first-order chi connectivity index (χ1) is 11.8. The lowest BCUT2D eigenvalue weighted by molar-refractivity contribution is 0.0974. The fourth-order valence-corrected chi connectivity index (χ4v) is 12.9. The van der Waals surface area contributed by atoms with Crippen molar-refractivity contribution in [3.8, 4) is 0 Å². The summed E-state index contributed by atoms with van der Waals surface area (Å²) in [6.07, 6.45) is 2.79. The lowest BCUT2D eigenvalue weighted by Crippen LogP contribution is -2.57. The van der Waals surface area contributed by atoms with Gasteiger partial charge >= 0.3 is 0 Å². The van der Waals surface area contributed by atoms with Gasteiger partial charge in [0.05, 0.1) is 8.07 Å². The summed E-state index contributed by atoms with van der Waals surface area (Å²) < 4.78 is 0. The third-order valence-electron chi connectivity index (χ3n) is 6.60. The van der Waals surface area contributed by atoms with Crippen molar-refractivity contribution in [3.63, 3.8) is 0 Å². The minimum Gasteiger partial charge on any atom is -0.294 e. The van der Waals surface area contributed by atoms with Crippen LogP contribution in [0.4, 0.5) is 0 Å². The fraction of sp³-hybridized carbons (Fsp3) is 0.522. The van der Waals surface area contributed by atoms with Gasteiger partial charge in [0.15, 0.2) is 5.78 Å². The van der Waals surface area contributed by atoms with E-state index in [1.807, 2.05) is 0 Å². The highest BCUT2D eigenvalue weighted by Crippen LogP contribution is 2.43. The summed E-state index contributed by atoms with van der Waals surface area (Å²) in [5.41, 5.74) is 4.44. The Bertz CT molecular complexity index is 779. The Balaban J connectivity index is 2.45. The summed E-state index contributed by atoms with van der Waals surface area (Å²) >= 11 is 0. The molecule has 0 heterocycles. The Labute approximate surface area is 153 Å². The highest BCUT2D eigenvalue weighted by molar-refractivity contribution is 6.95. The number of hydrogen-bond acceptors (Lipinski definition) is 1. The van der Waals surface area contributed by atoms with E-state index < -0.39 is 8.07 Å². The van der Waals surface area contributed by atoms with Gasteiger partial charge in [0.2, 0.25) is 0 Å². The average Bonchev–Trinajstić information content (AvgIpc) is 2.54. The van der Waals surface area contributed by atoms with E-state index in [-0.39, 0.29) is 0 Å². The van der Waals surface area contributed by atoms with E-state index in [0.717, 1.165) is 18.4 Å². The average molecular weight is 353 g/mol. The molecule has 2 aromatic rings. The van der Waals surface area contributed by atoms with Crippen LogP contribution in [0.15, 0.2) is 30.3 Å². The summed E-state index contributed by atoms with van der Waals surface area (Å²) in [4.78, 5) is 12.9. The molecule has 0 amide bonds. The normalized spacial score (nSPS) is 15.5. The van der Waals surface area contributed by atoms with Gasteiger partial charge in [-0.2, -0.15) is 0 Å².